The first-order valence-electron chi connectivity index (χ1n) is 6.21. The molecule has 0 unspecified atom stereocenters. The van der Waals surface area contributed by atoms with Crippen molar-refractivity contribution in [2.24, 2.45) is 5.92 Å². The van der Waals surface area contributed by atoms with Crippen molar-refractivity contribution in [1.82, 2.24) is 5.32 Å². The van der Waals surface area contributed by atoms with Crippen LogP contribution in [0.3, 0.4) is 0 Å². The fourth-order valence-corrected chi connectivity index (χ4v) is 2.31. The van der Waals surface area contributed by atoms with Crippen molar-refractivity contribution in [2.75, 3.05) is 7.11 Å². The number of hydrogen-bond donors (Lipinski definition) is 2. The van der Waals surface area contributed by atoms with Gasteiger partial charge in [0.1, 0.15) is 12.4 Å². The molecule has 1 heterocycles. The van der Waals surface area contributed by atoms with Crippen LogP contribution in [0.4, 0.5) is 0 Å². The number of amides is 1. The zero-order valence-corrected chi connectivity index (χ0v) is 10.7. The fraction of sp³-hybridized carbons (Fsp3) is 0.538. The SMILES string of the molecule is COCc1ccc(C(=O)N[C@H]2CC[C@@H](C(=O)O)C2)o1. The summed E-state index contributed by atoms with van der Waals surface area (Å²) in [5, 5.41) is 11.7. The summed E-state index contributed by atoms with van der Waals surface area (Å²) in [5.74, 6) is -0.644. The second-order valence-electron chi connectivity index (χ2n) is 4.72. The summed E-state index contributed by atoms with van der Waals surface area (Å²) in [5.41, 5.74) is 0. The lowest BCUT2D eigenvalue weighted by atomic mass is 10.1. The van der Waals surface area contributed by atoms with E-state index in [0.29, 0.717) is 31.6 Å². The van der Waals surface area contributed by atoms with E-state index in [9.17, 15) is 9.59 Å². The molecule has 1 aliphatic carbocycles. The summed E-state index contributed by atoms with van der Waals surface area (Å²) in [6.07, 6.45) is 1.77. The van der Waals surface area contributed by atoms with Gasteiger partial charge in [0.25, 0.3) is 5.91 Å². The molecule has 2 N–H and O–H groups in total. The molecule has 2 rings (SSSR count). The van der Waals surface area contributed by atoms with Crippen molar-refractivity contribution in [1.29, 1.82) is 0 Å². The summed E-state index contributed by atoms with van der Waals surface area (Å²) in [6.45, 7) is 0.317. The lowest BCUT2D eigenvalue weighted by molar-refractivity contribution is -0.141. The third-order valence-corrected chi connectivity index (χ3v) is 3.29. The topological polar surface area (TPSA) is 88.8 Å². The maximum Gasteiger partial charge on any atom is 0.306 e. The summed E-state index contributed by atoms with van der Waals surface area (Å²) in [4.78, 5) is 22.7. The van der Waals surface area contributed by atoms with E-state index in [1.54, 1.807) is 19.2 Å². The Balaban J connectivity index is 1.88. The molecule has 0 aliphatic heterocycles. The van der Waals surface area contributed by atoms with Crippen molar-refractivity contribution in [3.63, 3.8) is 0 Å². The van der Waals surface area contributed by atoms with Crippen LogP contribution >= 0.6 is 0 Å². The van der Waals surface area contributed by atoms with Crippen LogP contribution in [0.2, 0.25) is 0 Å². The predicted molar refractivity (Wildman–Crippen MR) is 65.7 cm³/mol. The maximum absolute atomic E-state index is 11.9. The molecule has 1 aliphatic rings. The molecular weight excluding hydrogens is 250 g/mol. The summed E-state index contributed by atoms with van der Waals surface area (Å²) < 4.78 is 10.2. The van der Waals surface area contributed by atoms with Crippen LogP contribution in [0.15, 0.2) is 16.5 Å². The molecule has 1 saturated carbocycles. The van der Waals surface area contributed by atoms with Crippen molar-refractivity contribution < 1.29 is 23.8 Å². The Hall–Kier alpha value is -1.82. The van der Waals surface area contributed by atoms with Crippen molar-refractivity contribution in [3.05, 3.63) is 23.7 Å². The van der Waals surface area contributed by atoms with Gasteiger partial charge in [0, 0.05) is 13.2 Å². The zero-order valence-electron chi connectivity index (χ0n) is 10.7. The lowest BCUT2D eigenvalue weighted by Crippen LogP contribution is -2.33. The van der Waals surface area contributed by atoms with E-state index < -0.39 is 5.97 Å². The minimum absolute atomic E-state index is 0.0930. The Morgan fingerprint density at radius 2 is 2.26 bits per heavy atom. The molecule has 0 aromatic carbocycles. The second kappa shape index (κ2) is 5.88. The van der Waals surface area contributed by atoms with Crippen LogP contribution in [0.25, 0.3) is 0 Å². The highest BCUT2D eigenvalue weighted by Gasteiger charge is 2.31. The number of carboxylic acids is 1. The molecule has 1 fully saturated rings. The van der Waals surface area contributed by atoms with E-state index in [2.05, 4.69) is 5.32 Å². The molecule has 6 heteroatoms. The highest BCUT2D eigenvalue weighted by Crippen LogP contribution is 2.26. The Labute approximate surface area is 110 Å². The number of methoxy groups -OCH3 is 1. The Kier molecular flexibility index (Phi) is 4.21. The fourth-order valence-electron chi connectivity index (χ4n) is 2.31. The van der Waals surface area contributed by atoms with Gasteiger partial charge < -0.3 is 19.6 Å². The van der Waals surface area contributed by atoms with E-state index in [1.807, 2.05) is 0 Å². The van der Waals surface area contributed by atoms with E-state index in [1.165, 1.54) is 0 Å². The third-order valence-electron chi connectivity index (χ3n) is 3.29. The van der Waals surface area contributed by atoms with Gasteiger partial charge in [-0.25, -0.2) is 0 Å². The van der Waals surface area contributed by atoms with Crippen LogP contribution in [0, 0.1) is 5.92 Å². The molecule has 0 radical (unpaired) electrons. The molecule has 0 bridgehead atoms. The number of ether oxygens (including phenoxy) is 1. The predicted octanol–water partition coefficient (Wildman–Crippen LogP) is 1.41. The molecule has 1 aromatic rings. The summed E-state index contributed by atoms with van der Waals surface area (Å²) in [7, 11) is 1.55. The molecule has 1 amide bonds. The average molecular weight is 267 g/mol. The highest BCUT2D eigenvalue weighted by atomic mass is 16.5. The van der Waals surface area contributed by atoms with Crippen LogP contribution in [-0.2, 0) is 16.1 Å². The number of hydrogen-bond acceptors (Lipinski definition) is 4. The minimum Gasteiger partial charge on any atom is -0.481 e. The Bertz CT molecular complexity index is 467. The van der Waals surface area contributed by atoms with Gasteiger partial charge in [-0.1, -0.05) is 0 Å². The first-order valence-corrected chi connectivity index (χ1v) is 6.21. The first kappa shape index (κ1) is 13.6. The quantitative estimate of drug-likeness (QED) is 0.842. The Morgan fingerprint density at radius 1 is 1.47 bits per heavy atom. The largest absolute Gasteiger partial charge is 0.481 e. The molecule has 19 heavy (non-hydrogen) atoms. The summed E-state index contributed by atoms with van der Waals surface area (Å²) >= 11 is 0. The second-order valence-corrected chi connectivity index (χ2v) is 4.72. The first-order chi connectivity index (χ1) is 9.10. The molecule has 1 aromatic heterocycles. The van der Waals surface area contributed by atoms with E-state index >= 15 is 0 Å². The van der Waals surface area contributed by atoms with E-state index in [4.69, 9.17) is 14.3 Å². The number of carbonyl (C=O) groups excluding carboxylic acids is 1. The van der Waals surface area contributed by atoms with Crippen LogP contribution in [0.5, 0.6) is 0 Å². The number of aliphatic carboxylic acids is 1. The standard InChI is InChI=1S/C13H17NO5/c1-18-7-10-4-5-11(19-10)12(15)14-9-3-2-8(6-9)13(16)17/h4-5,8-9H,2-3,6-7H2,1H3,(H,14,15)(H,16,17)/t8-,9+/m1/s1. The zero-order chi connectivity index (χ0) is 13.8. The van der Waals surface area contributed by atoms with Crippen LogP contribution < -0.4 is 5.32 Å². The van der Waals surface area contributed by atoms with Gasteiger partial charge in [-0.05, 0) is 31.4 Å². The number of carbonyl (C=O) groups is 2. The monoisotopic (exact) mass is 267 g/mol. The van der Waals surface area contributed by atoms with E-state index in [0.717, 1.165) is 0 Å². The normalized spacial score (nSPS) is 22.4. The van der Waals surface area contributed by atoms with Crippen LogP contribution in [-0.4, -0.2) is 30.1 Å². The van der Waals surface area contributed by atoms with Gasteiger partial charge in [-0.15, -0.1) is 0 Å². The smallest absolute Gasteiger partial charge is 0.306 e. The number of nitrogens with one attached hydrogen (secondary N) is 1. The number of furan rings is 1. The number of carboxylic acid groups (broad SMARTS) is 1. The van der Waals surface area contributed by atoms with Crippen molar-refractivity contribution >= 4 is 11.9 Å². The maximum atomic E-state index is 11.9. The van der Waals surface area contributed by atoms with Crippen LogP contribution in [0.1, 0.15) is 35.6 Å². The van der Waals surface area contributed by atoms with Gasteiger partial charge in [-0.3, -0.25) is 9.59 Å². The van der Waals surface area contributed by atoms with Gasteiger partial charge in [0.15, 0.2) is 5.76 Å². The lowest BCUT2D eigenvalue weighted by Gasteiger charge is -2.10. The van der Waals surface area contributed by atoms with E-state index in [-0.39, 0.29) is 23.6 Å². The molecule has 0 saturated heterocycles. The molecular formula is C13H17NO5. The molecule has 6 nitrogen and oxygen atoms in total. The van der Waals surface area contributed by atoms with Gasteiger partial charge in [-0.2, -0.15) is 0 Å². The van der Waals surface area contributed by atoms with Gasteiger partial charge in [0.05, 0.1) is 5.92 Å². The van der Waals surface area contributed by atoms with Gasteiger partial charge in [0.2, 0.25) is 0 Å². The van der Waals surface area contributed by atoms with Gasteiger partial charge >= 0.3 is 5.97 Å². The molecule has 0 spiro atoms. The molecule has 2 atom stereocenters. The average Bonchev–Trinajstić information content (AvgIpc) is 2.98. The summed E-state index contributed by atoms with van der Waals surface area (Å²) in [6, 6.07) is 3.19. The van der Waals surface area contributed by atoms with Crippen molar-refractivity contribution in [3.8, 4) is 0 Å². The highest BCUT2D eigenvalue weighted by molar-refractivity contribution is 5.91. The minimum atomic E-state index is -0.794. The van der Waals surface area contributed by atoms with Crippen molar-refractivity contribution in [2.45, 2.75) is 31.9 Å². The Morgan fingerprint density at radius 3 is 2.89 bits per heavy atom. The number of rotatable bonds is 5. The molecule has 104 valence electrons. The third kappa shape index (κ3) is 3.35.